The molecule has 0 heterocycles. The van der Waals surface area contributed by atoms with Crippen molar-refractivity contribution in [3.05, 3.63) is 0 Å². The van der Waals surface area contributed by atoms with Crippen molar-refractivity contribution in [2.45, 2.75) is 32.1 Å². The lowest BCUT2D eigenvalue weighted by molar-refractivity contribution is -0.162. The van der Waals surface area contributed by atoms with Crippen molar-refractivity contribution < 1.29 is 14.7 Å². The Morgan fingerprint density at radius 2 is 2.00 bits per heavy atom. The maximum Gasteiger partial charge on any atom is 0.311 e. The van der Waals surface area contributed by atoms with E-state index >= 15 is 0 Å². The number of methoxy groups -OCH3 is 1. The highest BCUT2D eigenvalue weighted by atomic mass is 16.5. The van der Waals surface area contributed by atoms with E-state index in [9.17, 15) is 4.79 Å². The molecule has 0 spiro atoms. The fourth-order valence-corrected chi connectivity index (χ4v) is 4.39. The number of hydrogen-bond donors (Lipinski definition) is 1. The van der Waals surface area contributed by atoms with Crippen molar-refractivity contribution in [3.8, 4) is 0 Å². The van der Waals surface area contributed by atoms with Gasteiger partial charge < -0.3 is 9.94 Å². The maximum absolute atomic E-state index is 11.9. The van der Waals surface area contributed by atoms with E-state index in [1.54, 1.807) is 0 Å². The predicted molar refractivity (Wildman–Crippen MR) is 57.2 cm³/mol. The largest absolute Gasteiger partial charge is 0.469 e. The third-order valence-electron chi connectivity index (χ3n) is 4.76. The van der Waals surface area contributed by atoms with E-state index in [-0.39, 0.29) is 11.4 Å². The van der Waals surface area contributed by atoms with Gasteiger partial charge in [0.1, 0.15) is 0 Å². The van der Waals surface area contributed by atoms with Crippen LogP contribution in [0.25, 0.3) is 0 Å². The Morgan fingerprint density at radius 1 is 1.38 bits per heavy atom. The molecule has 2 unspecified atom stereocenters. The van der Waals surface area contributed by atoms with Crippen LogP contribution in [0.1, 0.15) is 32.1 Å². The van der Waals surface area contributed by atoms with Gasteiger partial charge in [-0.1, -0.05) is 5.16 Å². The molecule has 4 saturated carbocycles. The summed E-state index contributed by atoms with van der Waals surface area (Å²) in [6.07, 6.45) is 4.81. The van der Waals surface area contributed by atoms with Crippen LogP contribution in [0.2, 0.25) is 0 Å². The van der Waals surface area contributed by atoms with Crippen LogP contribution in [0.3, 0.4) is 0 Å². The molecule has 0 radical (unpaired) electrons. The van der Waals surface area contributed by atoms with Crippen molar-refractivity contribution in [3.63, 3.8) is 0 Å². The van der Waals surface area contributed by atoms with Crippen LogP contribution in [-0.2, 0) is 9.53 Å². The molecule has 0 aromatic heterocycles. The lowest BCUT2D eigenvalue weighted by atomic mass is 9.49. The number of oxime groups is 1. The van der Waals surface area contributed by atoms with Gasteiger partial charge in [0.2, 0.25) is 0 Å². The van der Waals surface area contributed by atoms with E-state index in [2.05, 4.69) is 5.16 Å². The van der Waals surface area contributed by atoms with Gasteiger partial charge in [-0.05, 0) is 38.0 Å². The zero-order valence-electron chi connectivity index (χ0n) is 9.48. The molecule has 4 aliphatic carbocycles. The second kappa shape index (κ2) is 3.22. The Kier molecular flexibility index (Phi) is 2.03. The molecule has 4 aliphatic rings. The van der Waals surface area contributed by atoms with Gasteiger partial charge in [0.25, 0.3) is 0 Å². The first-order chi connectivity index (χ1) is 7.68. The molecule has 4 atom stereocenters. The molecule has 4 fully saturated rings. The van der Waals surface area contributed by atoms with E-state index in [0.717, 1.165) is 37.8 Å². The maximum atomic E-state index is 11.9. The topological polar surface area (TPSA) is 58.9 Å². The number of hydrogen-bond acceptors (Lipinski definition) is 4. The van der Waals surface area contributed by atoms with E-state index in [1.807, 2.05) is 0 Å². The molecule has 4 heteroatoms. The monoisotopic (exact) mass is 223 g/mol. The Morgan fingerprint density at radius 3 is 2.50 bits per heavy atom. The second-order valence-corrected chi connectivity index (χ2v) is 5.64. The molecule has 4 nitrogen and oxygen atoms in total. The quantitative estimate of drug-likeness (QED) is 0.419. The van der Waals surface area contributed by atoms with Gasteiger partial charge in [0, 0.05) is 11.8 Å². The zero-order valence-corrected chi connectivity index (χ0v) is 9.48. The summed E-state index contributed by atoms with van der Waals surface area (Å²) in [5.41, 5.74) is 0.676. The number of nitrogens with zero attached hydrogens (tertiary/aromatic N) is 1. The average Bonchev–Trinajstić information content (AvgIpc) is 2.27. The lowest BCUT2D eigenvalue weighted by Crippen LogP contribution is -2.54. The SMILES string of the molecule is COC(=O)C12CC3C[C@H](C1)C(=NO)[C@@H](C3)C2. The molecule has 0 aromatic carbocycles. The molecule has 4 bridgehead atoms. The smallest absolute Gasteiger partial charge is 0.311 e. The minimum Gasteiger partial charge on any atom is -0.469 e. The molecule has 0 amide bonds. The molecule has 1 N–H and O–H groups in total. The number of ether oxygens (including phenoxy) is 1. The molecule has 0 aromatic rings. The van der Waals surface area contributed by atoms with Crippen molar-refractivity contribution >= 4 is 11.7 Å². The van der Waals surface area contributed by atoms with Crippen molar-refractivity contribution in [2.24, 2.45) is 28.3 Å². The molecule has 16 heavy (non-hydrogen) atoms. The molecule has 0 aliphatic heterocycles. The first-order valence-corrected chi connectivity index (χ1v) is 5.99. The minimum atomic E-state index is -0.264. The molecular weight excluding hydrogens is 206 g/mol. The Labute approximate surface area is 94.7 Å². The average molecular weight is 223 g/mol. The summed E-state index contributed by atoms with van der Waals surface area (Å²) >= 11 is 0. The van der Waals surface area contributed by atoms with Gasteiger partial charge in [-0.3, -0.25) is 4.79 Å². The van der Waals surface area contributed by atoms with Crippen LogP contribution < -0.4 is 0 Å². The van der Waals surface area contributed by atoms with E-state index in [0.29, 0.717) is 17.8 Å². The van der Waals surface area contributed by atoms with Gasteiger partial charge in [-0.25, -0.2) is 0 Å². The standard InChI is InChI=1S/C12H17NO3/c1-16-11(14)12-4-7-2-8(5-12)10(13-15)9(3-7)6-12/h7-9,15H,2-6H2,1H3/t7?,8-,9+,12?. The van der Waals surface area contributed by atoms with E-state index < -0.39 is 0 Å². The molecular formula is C12H17NO3. The Hall–Kier alpha value is -1.06. The van der Waals surface area contributed by atoms with Gasteiger partial charge >= 0.3 is 5.97 Å². The summed E-state index contributed by atoms with van der Waals surface area (Å²) < 4.78 is 4.96. The normalized spacial score (nSPS) is 47.3. The fourth-order valence-electron chi connectivity index (χ4n) is 4.39. The highest BCUT2D eigenvalue weighted by Crippen LogP contribution is 2.59. The van der Waals surface area contributed by atoms with E-state index in [1.165, 1.54) is 7.11 Å². The van der Waals surface area contributed by atoms with Crippen LogP contribution in [0.4, 0.5) is 0 Å². The number of rotatable bonds is 1. The summed E-state index contributed by atoms with van der Waals surface area (Å²) in [7, 11) is 1.47. The van der Waals surface area contributed by atoms with Crippen molar-refractivity contribution in [1.29, 1.82) is 0 Å². The predicted octanol–water partition coefficient (Wildman–Crippen LogP) is 1.82. The number of esters is 1. The molecule has 88 valence electrons. The van der Waals surface area contributed by atoms with Crippen molar-refractivity contribution in [1.82, 2.24) is 0 Å². The minimum absolute atomic E-state index is 0.0520. The summed E-state index contributed by atoms with van der Waals surface area (Å²) in [6.45, 7) is 0. The van der Waals surface area contributed by atoms with Crippen LogP contribution in [0.15, 0.2) is 5.16 Å². The first-order valence-electron chi connectivity index (χ1n) is 5.99. The summed E-state index contributed by atoms with van der Waals surface area (Å²) in [5, 5.41) is 12.5. The fraction of sp³-hybridized carbons (Fsp3) is 0.833. The number of carbonyl (C=O) groups excluding carboxylic acids is 1. The summed E-state index contributed by atoms with van der Waals surface area (Å²) in [5.74, 6) is 1.21. The Balaban J connectivity index is 1.95. The lowest BCUT2D eigenvalue weighted by Gasteiger charge is -2.54. The van der Waals surface area contributed by atoms with Crippen LogP contribution in [-0.4, -0.2) is 24.0 Å². The third kappa shape index (κ3) is 1.16. The van der Waals surface area contributed by atoms with Crippen LogP contribution >= 0.6 is 0 Å². The van der Waals surface area contributed by atoms with Crippen LogP contribution in [0.5, 0.6) is 0 Å². The second-order valence-electron chi connectivity index (χ2n) is 5.64. The molecule has 4 rings (SSSR count). The number of carbonyl (C=O) groups is 1. The summed E-state index contributed by atoms with van der Waals surface area (Å²) in [6, 6.07) is 0. The molecule has 0 saturated heterocycles. The Bertz CT molecular complexity index is 345. The third-order valence-corrected chi connectivity index (χ3v) is 4.76. The van der Waals surface area contributed by atoms with Crippen LogP contribution in [0, 0.1) is 23.2 Å². The zero-order chi connectivity index (χ0) is 11.3. The summed E-state index contributed by atoms with van der Waals surface area (Å²) in [4.78, 5) is 11.9. The van der Waals surface area contributed by atoms with Gasteiger partial charge in [-0.15, -0.1) is 0 Å². The highest BCUT2D eigenvalue weighted by Gasteiger charge is 2.58. The van der Waals surface area contributed by atoms with Crippen molar-refractivity contribution in [2.75, 3.05) is 7.11 Å². The highest BCUT2D eigenvalue weighted by molar-refractivity contribution is 5.93. The first kappa shape index (κ1) is 10.1. The van der Waals surface area contributed by atoms with Gasteiger partial charge in [-0.2, -0.15) is 0 Å². The van der Waals surface area contributed by atoms with Gasteiger partial charge in [0.15, 0.2) is 0 Å². The van der Waals surface area contributed by atoms with Gasteiger partial charge in [0.05, 0.1) is 18.2 Å². The van der Waals surface area contributed by atoms with E-state index in [4.69, 9.17) is 9.94 Å².